The number of nitrogens with one attached hydrogen (secondary N) is 2. The Morgan fingerprint density at radius 3 is 2.32 bits per heavy atom. The summed E-state index contributed by atoms with van der Waals surface area (Å²) in [5.74, 6) is -1.80. The van der Waals surface area contributed by atoms with Crippen LogP contribution in [0.15, 0.2) is 16.6 Å². The van der Waals surface area contributed by atoms with Crippen LogP contribution in [0.2, 0.25) is 0 Å². The van der Waals surface area contributed by atoms with E-state index in [4.69, 9.17) is 0 Å². The molecule has 0 amide bonds. The van der Waals surface area contributed by atoms with Gasteiger partial charge in [-0.15, -0.1) is 4.83 Å². The smallest absolute Gasteiger partial charge is 0.292 e. The van der Waals surface area contributed by atoms with Gasteiger partial charge in [-0.1, -0.05) is 25.8 Å². The lowest BCUT2D eigenvalue weighted by atomic mass is 9.90. The summed E-state index contributed by atoms with van der Waals surface area (Å²) in [5, 5.41) is -1.15. The van der Waals surface area contributed by atoms with Gasteiger partial charge in [0.2, 0.25) is 10.0 Å². The number of amidine groups is 1. The SMILES string of the molecule is CCCCC1N=C(NNS(=O)(=O)CS(C)(=O)=O)C(C)=CC1C(F)(F)F. The molecule has 146 valence electrons. The molecule has 0 bridgehead atoms. The Morgan fingerprint density at radius 1 is 1.24 bits per heavy atom. The van der Waals surface area contributed by atoms with Crippen LogP contribution in [-0.2, 0) is 19.9 Å². The molecule has 0 aromatic rings. The Hall–Kier alpha value is -1.14. The Bertz CT molecular complexity index is 743. The van der Waals surface area contributed by atoms with Crippen molar-refractivity contribution in [3.05, 3.63) is 11.6 Å². The van der Waals surface area contributed by atoms with Crippen LogP contribution in [0.4, 0.5) is 13.2 Å². The van der Waals surface area contributed by atoms with Gasteiger partial charge in [0.25, 0.3) is 0 Å². The minimum absolute atomic E-state index is 0.0568. The first-order valence-corrected chi connectivity index (χ1v) is 11.2. The fraction of sp³-hybridized carbons (Fsp3) is 0.769. The minimum atomic E-state index is -4.45. The lowest BCUT2D eigenvalue weighted by Crippen LogP contribution is -2.47. The zero-order chi connectivity index (χ0) is 19.5. The minimum Gasteiger partial charge on any atom is -0.292 e. The third-order valence-electron chi connectivity index (χ3n) is 3.44. The number of sulfone groups is 1. The number of hydrazine groups is 1. The van der Waals surface area contributed by atoms with Crippen molar-refractivity contribution >= 4 is 25.7 Å². The number of rotatable bonds is 7. The standard InChI is InChI=1S/C13H22F3N3O4S2/c1-4-5-6-11-10(13(14,15)16)7-9(2)12(17-11)18-19-25(22,23)8-24(3,20)21/h7,10-11,19H,4-6,8H2,1-3H3,(H,17,18). The van der Waals surface area contributed by atoms with E-state index in [-0.39, 0.29) is 17.8 Å². The summed E-state index contributed by atoms with van der Waals surface area (Å²) in [6, 6.07) is -1.06. The molecule has 0 fully saturated rings. The second-order valence-electron chi connectivity index (χ2n) is 5.99. The highest BCUT2D eigenvalue weighted by Crippen LogP contribution is 2.36. The highest BCUT2D eigenvalue weighted by atomic mass is 32.3. The monoisotopic (exact) mass is 405 g/mol. The maximum atomic E-state index is 13.2. The highest BCUT2D eigenvalue weighted by molar-refractivity contribution is 8.06. The zero-order valence-electron chi connectivity index (χ0n) is 14.1. The van der Waals surface area contributed by atoms with Gasteiger partial charge in [-0.05, 0) is 18.9 Å². The maximum absolute atomic E-state index is 13.2. The molecule has 0 aromatic carbocycles. The summed E-state index contributed by atoms with van der Waals surface area (Å²) >= 11 is 0. The highest BCUT2D eigenvalue weighted by Gasteiger charge is 2.45. The fourth-order valence-electron chi connectivity index (χ4n) is 2.35. The first kappa shape index (κ1) is 21.9. The molecule has 2 unspecified atom stereocenters. The molecule has 0 spiro atoms. The number of unbranched alkanes of at least 4 members (excludes halogenated alkanes) is 1. The summed E-state index contributed by atoms with van der Waals surface area (Å²) in [4.78, 5) is 5.82. The number of hydrogen-bond donors (Lipinski definition) is 2. The average molecular weight is 405 g/mol. The molecule has 0 aliphatic carbocycles. The largest absolute Gasteiger partial charge is 0.397 e. The number of nitrogens with zero attached hydrogens (tertiary/aromatic N) is 1. The van der Waals surface area contributed by atoms with E-state index in [0.717, 1.165) is 12.3 Å². The van der Waals surface area contributed by atoms with Crippen LogP contribution in [0.1, 0.15) is 33.1 Å². The van der Waals surface area contributed by atoms with Gasteiger partial charge in [-0.2, -0.15) is 13.2 Å². The van der Waals surface area contributed by atoms with Gasteiger partial charge < -0.3 is 0 Å². The van der Waals surface area contributed by atoms with E-state index in [2.05, 4.69) is 10.4 Å². The number of halogens is 3. The van der Waals surface area contributed by atoms with Gasteiger partial charge in [0, 0.05) is 6.26 Å². The Labute approximate surface area is 145 Å². The van der Waals surface area contributed by atoms with E-state index in [9.17, 15) is 30.0 Å². The molecule has 0 saturated carbocycles. The third kappa shape index (κ3) is 7.32. The van der Waals surface area contributed by atoms with Gasteiger partial charge in [0.15, 0.2) is 14.9 Å². The molecular weight excluding hydrogens is 383 g/mol. The van der Waals surface area contributed by atoms with E-state index in [1.54, 1.807) is 0 Å². The molecule has 1 heterocycles. The first-order chi connectivity index (χ1) is 11.2. The van der Waals surface area contributed by atoms with Crippen LogP contribution in [0.3, 0.4) is 0 Å². The van der Waals surface area contributed by atoms with Crippen LogP contribution in [0.25, 0.3) is 0 Å². The second-order valence-corrected chi connectivity index (χ2v) is 10.2. The number of aliphatic imine (C=N–C) groups is 1. The predicted molar refractivity (Wildman–Crippen MR) is 89.0 cm³/mol. The summed E-state index contributed by atoms with van der Waals surface area (Å²) in [6.07, 6.45) is -1.26. The van der Waals surface area contributed by atoms with E-state index in [0.29, 0.717) is 12.8 Å². The Morgan fingerprint density at radius 2 is 1.84 bits per heavy atom. The quantitative estimate of drug-likeness (QED) is 0.625. The fourth-order valence-corrected chi connectivity index (χ4v) is 5.09. The number of alkyl halides is 3. The van der Waals surface area contributed by atoms with Crippen molar-refractivity contribution in [3.8, 4) is 0 Å². The zero-order valence-corrected chi connectivity index (χ0v) is 15.7. The normalized spacial score (nSPS) is 22.3. The molecule has 0 radical (unpaired) electrons. The Balaban J connectivity index is 2.95. The second kappa shape index (κ2) is 8.04. The van der Waals surface area contributed by atoms with Crippen molar-refractivity contribution in [1.29, 1.82) is 0 Å². The molecule has 12 heteroatoms. The van der Waals surface area contributed by atoms with Crippen molar-refractivity contribution in [1.82, 2.24) is 10.3 Å². The van der Waals surface area contributed by atoms with E-state index < -0.39 is 43.1 Å². The van der Waals surface area contributed by atoms with Crippen molar-refractivity contribution in [2.75, 3.05) is 11.3 Å². The van der Waals surface area contributed by atoms with Crippen molar-refractivity contribution in [2.24, 2.45) is 10.9 Å². The van der Waals surface area contributed by atoms with Gasteiger partial charge in [0.1, 0.15) is 5.84 Å². The molecule has 7 nitrogen and oxygen atoms in total. The molecule has 1 rings (SSSR count). The summed E-state index contributed by atoms with van der Waals surface area (Å²) in [6.45, 7) is 3.21. The molecule has 1 aliphatic heterocycles. The lowest BCUT2D eigenvalue weighted by Gasteiger charge is -2.29. The molecule has 2 N–H and O–H groups in total. The van der Waals surface area contributed by atoms with Crippen LogP contribution >= 0.6 is 0 Å². The topological polar surface area (TPSA) is 105 Å². The number of hydrogen-bond acceptors (Lipinski definition) is 6. The van der Waals surface area contributed by atoms with Gasteiger partial charge in [-0.25, -0.2) is 16.8 Å². The van der Waals surface area contributed by atoms with Crippen LogP contribution in [-0.4, -0.2) is 46.2 Å². The number of sulfonamides is 1. The average Bonchev–Trinajstić information content (AvgIpc) is 2.40. The maximum Gasteiger partial charge on any atom is 0.397 e. The van der Waals surface area contributed by atoms with Gasteiger partial charge >= 0.3 is 6.18 Å². The summed E-state index contributed by atoms with van der Waals surface area (Å²) < 4.78 is 85.0. The molecular formula is C13H22F3N3O4S2. The van der Waals surface area contributed by atoms with E-state index in [1.165, 1.54) is 6.92 Å². The first-order valence-electron chi connectivity index (χ1n) is 7.51. The molecule has 1 aliphatic rings. The van der Waals surface area contributed by atoms with Crippen LogP contribution < -0.4 is 10.3 Å². The summed E-state index contributed by atoms with van der Waals surface area (Å²) in [5.41, 5.74) is 2.35. The van der Waals surface area contributed by atoms with Crippen molar-refractivity contribution < 1.29 is 30.0 Å². The Kier molecular flexibility index (Phi) is 7.04. The molecule has 0 aromatic heterocycles. The van der Waals surface area contributed by atoms with Crippen molar-refractivity contribution in [3.63, 3.8) is 0 Å². The summed E-state index contributed by atoms with van der Waals surface area (Å²) in [7, 11) is -8.01. The molecule has 2 atom stereocenters. The van der Waals surface area contributed by atoms with Gasteiger partial charge in [0.05, 0.1) is 12.0 Å². The van der Waals surface area contributed by atoms with Gasteiger partial charge in [-0.3, -0.25) is 10.4 Å². The van der Waals surface area contributed by atoms with Crippen LogP contribution in [0.5, 0.6) is 0 Å². The van der Waals surface area contributed by atoms with E-state index in [1.807, 2.05) is 11.8 Å². The number of dihydropyridines is 1. The lowest BCUT2D eigenvalue weighted by molar-refractivity contribution is -0.166. The predicted octanol–water partition coefficient (Wildman–Crippen LogP) is 1.51. The van der Waals surface area contributed by atoms with E-state index >= 15 is 0 Å². The third-order valence-corrected chi connectivity index (χ3v) is 6.80. The molecule has 0 saturated heterocycles. The molecule has 25 heavy (non-hydrogen) atoms. The van der Waals surface area contributed by atoms with Crippen molar-refractivity contribution in [2.45, 2.75) is 45.3 Å². The van der Waals surface area contributed by atoms with Crippen LogP contribution in [0, 0.1) is 5.92 Å².